The first kappa shape index (κ1) is 14.6. The first-order valence-corrected chi connectivity index (χ1v) is 7.79. The molecule has 1 N–H and O–H groups in total. The van der Waals surface area contributed by atoms with Crippen LogP contribution in [0.1, 0.15) is 58.1 Å². The lowest BCUT2D eigenvalue weighted by molar-refractivity contribution is -0.0865. The Hall–Kier alpha value is -0.820. The van der Waals surface area contributed by atoms with Gasteiger partial charge in [0.05, 0.1) is 5.60 Å². The standard InChI is InChI=1S/C18H28O/c1-5-15-7-9-16(10-8-15)18(19)12-14(4)6-11-17(18)13(2)3/h7-10,13-14,17,19H,5-6,11-12H2,1-4H3. The van der Waals surface area contributed by atoms with Gasteiger partial charge in [-0.05, 0) is 48.1 Å². The third kappa shape index (κ3) is 2.86. The molecule has 0 spiro atoms. The third-order valence-corrected chi connectivity index (χ3v) is 4.91. The molecule has 0 aliphatic heterocycles. The molecule has 1 aromatic rings. The third-order valence-electron chi connectivity index (χ3n) is 4.91. The minimum Gasteiger partial charge on any atom is -0.385 e. The molecule has 1 aliphatic rings. The number of aryl methyl sites for hydroxylation is 1. The summed E-state index contributed by atoms with van der Waals surface area (Å²) in [5.41, 5.74) is 1.84. The molecule has 0 bridgehead atoms. The first-order chi connectivity index (χ1) is 8.97. The summed E-state index contributed by atoms with van der Waals surface area (Å²) >= 11 is 0. The number of hydrogen-bond acceptors (Lipinski definition) is 1. The van der Waals surface area contributed by atoms with E-state index in [9.17, 15) is 5.11 Å². The molecule has 106 valence electrons. The summed E-state index contributed by atoms with van der Waals surface area (Å²) in [4.78, 5) is 0. The van der Waals surface area contributed by atoms with Crippen LogP contribution in [0, 0.1) is 17.8 Å². The topological polar surface area (TPSA) is 20.2 Å². The van der Waals surface area contributed by atoms with E-state index in [1.54, 1.807) is 0 Å². The Balaban J connectivity index is 2.34. The summed E-state index contributed by atoms with van der Waals surface area (Å²) in [6.07, 6.45) is 4.35. The van der Waals surface area contributed by atoms with Gasteiger partial charge in [0.1, 0.15) is 0 Å². The van der Waals surface area contributed by atoms with Crippen molar-refractivity contribution in [3.63, 3.8) is 0 Å². The van der Waals surface area contributed by atoms with Crippen LogP contribution in [0.25, 0.3) is 0 Å². The van der Waals surface area contributed by atoms with Gasteiger partial charge in [-0.1, -0.05) is 58.4 Å². The summed E-state index contributed by atoms with van der Waals surface area (Å²) in [6, 6.07) is 8.63. The fourth-order valence-electron chi connectivity index (χ4n) is 3.73. The van der Waals surface area contributed by atoms with Crippen LogP contribution in [0.15, 0.2) is 24.3 Å². The Morgan fingerprint density at radius 1 is 1.21 bits per heavy atom. The average molecular weight is 260 g/mol. The monoisotopic (exact) mass is 260 g/mol. The molecule has 0 saturated heterocycles. The SMILES string of the molecule is CCc1ccc(C2(O)CC(C)CCC2C(C)C)cc1. The van der Waals surface area contributed by atoms with Gasteiger partial charge in [-0.25, -0.2) is 0 Å². The molecule has 19 heavy (non-hydrogen) atoms. The molecule has 1 aliphatic carbocycles. The maximum absolute atomic E-state index is 11.3. The van der Waals surface area contributed by atoms with Crippen LogP contribution in [0.5, 0.6) is 0 Å². The highest BCUT2D eigenvalue weighted by molar-refractivity contribution is 5.28. The largest absolute Gasteiger partial charge is 0.385 e. The van der Waals surface area contributed by atoms with Crippen molar-refractivity contribution in [2.75, 3.05) is 0 Å². The zero-order chi connectivity index (χ0) is 14.0. The van der Waals surface area contributed by atoms with Crippen LogP contribution < -0.4 is 0 Å². The second-order valence-electron chi connectivity index (χ2n) is 6.71. The van der Waals surface area contributed by atoms with Crippen LogP contribution in [0.2, 0.25) is 0 Å². The summed E-state index contributed by atoms with van der Waals surface area (Å²) in [5.74, 6) is 1.53. The smallest absolute Gasteiger partial charge is 0.0929 e. The Labute approximate surface area is 118 Å². The van der Waals surface area contributed by atoms with E-state index in [1.165, 1.54) is 12.0 Å². The van der Waals surface area contributed by atoms with Crippen LogP contribution in [-0.2, 0) is 12.0 Å². The van der Waals surface area contributed by atoms with E-state index in [1.807, 2.05) is 0 Å². The van der Waals surface area contributed by atoms with E-state index in [4.69, 9.17) is 0 Å². The Kier molecular flexibility index (Phi) is 4.35. The average Bonchev–Trinajstić information content (AvgIpc) is 2.38. The van der Waals surface area contributed by atoms with Crippen molar-refractivity contribution in [2.24, 2.45) is 17.8 Å². The summed E-state index contributed by atoms with van der Waals surface area (Å²) < 4.78 is 0. The molecule has 1 aromatic carbocycles. The molecule has 1 nitrogen and oxygen atoms in total. The zero-order valence-electron chi connectivity index (χ0n) is 12.8. The highest BCUT2D eigenvalue weighted by atomic mass is 16.3. The molecule has 3 atom stereocenters. The number of hydrogen-bond donors (Lipinski definition) is 1. The Morgan fingerprint density at radius 2 is 1.84 bits per heavy atom. The van der Waals surface area contributed by atoms with Gasteiger partial charge in [0.2, 0.25) is 0 Å². The maximum atomic E-state index is 11.3. The number of benzene rings is 1. The molecule has 1 heteroatoms. The van der Waals surface area contributed by atoms with Crippen molar-refractivity contribution in [1.29, 1.82) is 0 Å². The van der Waals surface area contributed by atoms with Crippen LogP contribution >= 0.6 is 0 Å². The predicted octanol–water partition coefficient (Wildman–Crippen LogP) is 4.53. The molecular formula is C18H28O. The second kappa shape index (κ2) is 5.66. The molecule has 1 fully saturated rings. The lowest BCUT2D eigenvalue weighted by Crippen LogP contribution is -2.43. The van der Waals surface area contributed by atoms with Crippen molar-refractivity contribution in [3.05, 3.63) is 35.4 Å². The maximum Gasteiger partial charge on any atom is 0.0929 e. The van der Waals surface area contributed by atoms with Gasteiger partial charge >= 0.3 is 0 Å². The van der Waals surface area contributed by atoms with E-state index in [2.05, 4.69) is 52.0 Å². The molecule has 0 aromatic heterocycles. The lowest BCUT2D eigenvalue weighted by atomic mass is 9.64. The molecule has 0 radical (unpaired) electrons. The van der Waals surface area contributed by atoms with Crippen LogP contribution in [-0.4, -0.2) is 5.11 Å². The summed E-state index contributed by atoms with van der Waals surface area (Å²) in [5, 5.41) is 11.3. The van der Waals surface area contributed by atoms with Gasteiger partial charge in [-0.2, -0.15) is 0 Å². The van der Waals surface area contributed by atoms with E-state index >= 15 is 0 Å². The molecular weight excluding hydrogens is 232 g/mol. The van der Waals surface area contributed by atoms with Gasteiger partial charge in [-0.3, -0.25) is 0 Å². The van der Waals surface area contributed by atoms with Gasteiger partial charge in [-0.15, -0.1) is 0 Å². The fraction of sp³-hybridized carbons (Fsp3) is 0.667. The van der Waals surface area contributed by atoms with Gasteiger partial charge in [0.25, 0.3) is 0 Å². The van der Waals surface area contributed by atoms with Crippen molar-refractivity contribution in [3.8, 4) is 0 Å². The van der Waals surface area contributed by atoms with E-state index in [0.717, 1.165) is 24.8 Å². The second-order valence-corrected chi connectivity index (χ2v) is 6.71. The predicted molar refractivity (Wildman–Crippen MR) is 81.1 cm³/mol. The van der Waals surface area contributed by atoms with Crippen LogP contribution in [0.4, 0.5) is 0 Å². The summed E-state index contributed by atoms with van der Waals surface area (Å²) in [6.45, 7) is 8.92. The number of rotatable bonds is 3. The van der Waals surface area contributed by atoms with Gasteiger partial charge < -0.3 is 5.11 Å². The quantitative estimate of drug-likeness (QED) is 0.846. The van der Waals surface area contributed by atoms with E-state index in [0.29, 0.717) is 17.8 Å². The first-order valence-electron chi connectivity index (χ1n) is 7.79. The van der Waals surface area contributed by atoms with Crippen molar-refractivity contribution >= 4 is 0 Å². The van der Waals surface area contributed by atoms with E-state index in [-0.39, 0.29) is 0 Å². The fourth-order valence-corrected chi connectivity index (χ4v) is 3.73. The highest BCUT2D eigenvalue weighted by Crippen LogP contribution is 2.47. The summed E-state index contributed by atoms with van der Waals surface area (Å²) in [7, 11) is 0. The van der Waals surface area contributed by atoms with Crippen molar-refractivity contribution in [1.82, 2.24) is 0 Å². The number of aliphatic hydroxyl groups is 1. The minimum atomic E-state index is -0.627. The van der Waals surface area contributed by atoms with Gasteiger partial charge in [0.15, 0.2) is 0 Å². The zero-order valence-corrected chi connectivity index (χ0v) is 12.8. The molecule has 2 rings (SSSR count). The molecule has 0 amide bonds. The minimum absolute atomic E-state index is 0.385. The van der Waals surface area contributed by atoms with Crippen molar-refractivity contribution in [2.45, 2.75) is 59.0 Å². The highest BCUT2D eigenvalue weighted by Gasteiger charge is 2.43. The van der Waals surface area contributed by atoms with Gasteiger partial charge in [0, 0.05) is 0 Å². The molecule has 1 saturated carbocycles. The molecule has 3 unspecified atom stereocenters. The van der Waals surface area contributed by atoms with Crippen molar-refractivity contribution < 1.29 is 5.11 Å². The molecule has 0 heterocycles. The van der Waals surface area contributed by atoms with Crippen LogP contribution in [0.3, 0.4) is 0 Å². The lowest BCUT2D eigenvalue weighted by Gasteiger charge is -2.45. The normalized spacial score (nSPS) is 31.7. The Bertz CT molecular complexity index is 406. The van der Waals surface area contributed by atoms with E-state index < -0.39 is 5.60 Å². The Morgan fingerprint density at radius 3 is 2.37 bits per heavy atom.